The van der Waals surface area contributed by atoms with Gasteiger partial charge in [-0.25, -0.2) is 0 Å². The summed E-state index contributed by atoms with van der Waals surface area (Å²) >= 11 is 1.73. The lowest BCUT2D eigenvalue weighted by molar-refractivity contribution is 0.779. The van der Waals surface area contributed by atoms with Crippen LogP contribution in [0.3, 0.4) is 0 Å². The van der Waals surface area contributed by atoms with Crippen LogP contribution in [0.2, 0.25) is 0 Å². The Labute approximate surface area is 99.5 Å². The van der Waals surface area contributed by atoms with E-state index in [4.69, 9.17) is 0 Å². The van der Waals surface area contributed by atoms with Crippen LogP contribution in [0.1, 0.15) is 18.2 Å². The summed E-state index contributed by atoms with van der Waals surface area (Å²) in [5.74, 6) is 0.841. The third kappa shape index (κ3) is 3.03. The lowest BCUT2D eigenvalue weighted by atomic mass is 10.1. The van der Waals surface area contributed by atoms with Gasteiger partial charge in [0, 0.05) is 6.04 Å². The summed E-state index contributed by atoms with van der Waals surface area (Å²) in [7, 11) is 0. The molecule has 3 nitrogen and oxygen atoms in total. The lowest BCUT2D eigenvalue weighted by Crippen LogP contribution is -2.18. The molecule has 0 radical (unpaired) electrons. The molecule has 0 aromatic carbocycles. The van der Waals surface area contributed by atoms with E-state index in [1.807, 2.05) is 19.1 Å². The molecule has 0 saturated heterocycles. The molecule has 0 bridgehead atoms. The molecule has 2 rings (SSSR count). The lowest BCUT2D eigenvalue weighted by Gasteiger charge is -2.13. The van der Waals surface area contributed by atoms with Crippen LogP contribution in [0.5, 0.6) is 0 Å². The van der Waals surface area contributed by atoms with Crippen molar-refractivity contribution in [3.63, 3.8) is 0 Å². The number of rotatable bonds is 4. The highest BCUT2D eigenvalue weighted by atomic mass is 32.1. The van der Waals surface area contributed by atoms with Crippen molar-refractivity contribution in [2.24, 2.45) is 0 Å². The Bertz CT molecular complexity index is 422. The van der Waals surface area contributed by atoms with Crippen LogP contribution in [0.15, 0.2) is 29.0 Å². The van der Waals surface area contributed by atoms with Crippen molar-refractivity contribution in [2.75, 3.05) is 5.32 Å². The molecule has 0 aliphatic carbocycles. The van der Waals surface area contributed by atoms with Gasteiger partial charge in [-0.3, -0.25) is 0 Å². The first-order valence-corrected chi connectivity index (χ1v) is 6.26. The number of anilines is 1. The van der Waals surface area contributed by atoms with Crippen molar-refractivity contribution < 1.29 is 0 Å². The van der Waals surface area contributed by atoms with Gasteiger partial charge in [0.05, 0.1) is 5.69 Å². The van der Waals surface area contributed by atoms with E-state index < -0.39 is 0 Å². The smallest absolute Gasteiger partial charge is 0.148 e. The predicted octanol–water partition coefficient (Wildman–Crippen LogP) is 2.89. The first-order chi connectivity index (χ1) is 7.74. The monoisotopic (exact) mass is 233 g/mol. The van der Waals surface area contributed by atoms with Crippen LogP contribution in [0.4, 0.5) is 5.82 Å². The van der Waals surface area contributed by atoms with Gasteiger partial charge >= 0.3 is 0 Å². The van der Waals surface area contributed by atoms with Gasteiger partial charge in [-0.05, 0) is 54.8 Å². The molecule has 4 heteroatoms. The maximum absolute atomic E-state index is 4.09. The Kier molecular flexibility index (Phi) is 3.51. The van der Waals surface area contributed by atoms with Gasteiger partial charge in [0.1, 0.15) is 5.82 Å². The molecule has 1 atom stereocenters. The van der Waals surface area contributed by atoms with Crippen LogP contribution < -0.4 is 5.32 Å². The number of nitrogens with zero attached hydrogens (tertiary/aromatic N) is 2. The van der Waals surface area contributed by atoms with Crippen molar-refractivity contribution >= 4 is 17.2 Å². The van der Waals surface area contributed by atoms with E-state index in [0.29, 0.717) is 6.04 Å². The van der Waals surface area contributed by atoms with Crippen molar-refractivity contribution in [3.8, 4) is 0 Å². The molecule has 0 spiro atoms. The van der Waals surface area contributed by atoms with Crippen molar-refractivity contribution in [3.05, 3.63) is 40.2 Å². The van der Waals surface area contributed by atoms with E-state index in [0.717, 1.165) is 17.9 Å². The standard InChI is InChI=1S/C12H15N3S/c1-9-3-4-12(15-14-9)13-10(2)7-11-5-6-16-8-11/h3-6,8,10H,7H2,1-2H3,(H,13,15). The molecule has 2 aromatic heterocycles. The molecule has 2 aromatic rings. The molecule has 0 fully saturated rings. The van der Waals surface area contributed by atoms with Crippen LogP contribution >= 0.6 is 11.3 Å². The van der Waals surface area contributed by atoms with Gasteiger partial charge in [0.15, 0.2) is 0 Å². The molecule has 16 heavy (non-hydrogen) atoms. The average Bonchev–Trinajstić information content (AvgIpc) is 2.74. The summed E-state index contributed by atoms with van der Waals surface area (Å²) in [6.45, 7) is 4.09. The topological polar surface area (TPSA) is 37.8 Å². The zero-order chi connectivity index (χ0) is 11.4. The SMILES string of the molecule is Cc1ccc(NC(C)Cc2ccsc2)nn1. The quantitative estimate of drug-likeness (QED) is 0.882. The van der Waals surface area contributed by atoms with E-state index in [-0.39, 0.29) is 0 Å². The first kappa shape index (κ1) is 11.1. The van der Waals surface area contributed by atoms with E-state index in [1.54, 1.807) is 11.3 Å². The van der Waals surface area contributed by atoms with Crippen LogP contribution in [0, 0.1) is 6.92 Å². The molecule has 0 aliphatic heterocycles. The predicted molar refractivity (Wildman–Crippen MR) is 67.9 cm³/mol. The number of aryl methyl sites for hydroxylation is 1. The largest absolute Gasteiger partial charge is 0.366 e. The molecular formula is C12H15N3S. The number of hydrogen-bond donors (Lipinski definition) is 1. The Morgan fingerprint density at radius 1 is 1.31 bits per heavy atom. The number of nitrogens with one attached hydrogen (secondary N) is 1. The Balaban J connectivity index is 1.92. The maximum Gasteiger partial charge on any atom is 0.148 e. The number of hydrogen-bond acceptors (Lipinski definition) is 4. The molecule has 1 N–H and O–H groups in total. The summed E-state index contributed by atoms with van der Waals surface area (Å²) in [6.07, 6.45) is 1.01. The van der Waals surface area contributed by atoms with Gasteiger partial charge in [0.25, 0.3) is 0 Å². The third-order valence-corrected chi connectivity index (χ3v) is 3.05. The Hall–Kier alpha value is -1.42. The zero-order valence-corrected chi connectivity index (χ0v) is 10.3. The molecule has 1 unspecified atom stereocenters. The molecule has 0 aliphatic rings. The summed E-state index contributed by atoms with van der Waals surface area (Å²) in [4.78, 5) is 0. The fourth-order valence-electron chi connectivity index (χ4n) is 1.54. The molecule has 0 amide bonds. The highest BCUT2D eigenvalue weighted by Gasteiger charge is 2.04. The second-order valence-electron chi connectivity index (χ2n) is 3.94. The summed E-state index contributed by atoms with van der Waals surface area (Å²) in [6, 6.07) is 6.45. The van der Waals surface area contributed by atoms with Gasteiger partial charge in [0.2, 0.25) is 0 Å². The number of thiophene rings is 1. The highest BCUT2D eigenvalue weighted by molar-refractivity contribution is 7.07. The van der Waals surface area contributed by atoms with Crippen LogP contribution in [0.25, 0.3) is 0 Å². The molecule has 2 heterocycles. The summed E-state index contributed by atoms with van der Waals surface area (Å²) in [5, 5.41) is 15.7. The summed E-state index contributed by atoms with van der Waals surface area (Å²) in [5.41, 5.74) is 2.31. The average molecular weight is 233 g/mol. The van der Waals surface area contributed by atoms with Gasteiger partial charge < -0.3 is 5.32 Å². The van der Waals surface area contributed by atoms with Gasteiger partial charge in [-0.2, -0.15) is 16.4 Å². The number of aromatic nitrogens is 2. The molecular weight excluding hydrogens is 218 g/mol. The van der Waals surface area contributed by atoms with Crippen LogP contribution in [-0.2, 0) is 6.42 Å². The fraction of sp³-hybridized carbons (Fsp3) is 0.333. The zero-order valence-electron chi connectivity index (χ0n) is 9.47. The fourth-order valence-corrected chi connectivity index (χ4v) is 2.22. The minimum Gasteiger partial charge on any atom is -0.366 e. The van der Waals surface area contributed by atoms with E-state index in [2.05, 4.69) is 39.3 Å². The van der Waals surface area contributed by atoms with Gasteiger partial charge in [-0.1, -0.05) is 0 Å². The minimum atomic E-state index is 0.367. The van der Waals surface area contributed by atoms with Gasteiger partial charge in [-0.15, -0.1) is 5.10 Å². The van der Waals surface area contributed by atoms with Crippen LogP contribution in [-0.4, -0.2) is 16.2 Å². The van der Waals surface area contributed by atoms with Crippen molar-refractivity contribution in [1.29, 1.82) is 0 Å². The van der Waals surface area contributed by atoms with E-state index in [9.17, 15) is 0 Å². The second-order valence-corrected chi connectivity index (χ2v) is 4.72. The summed E-state index contributed by atoms with van der Waals surface area (Å²) < 4.78 is 0. The third-order valence-electron chi connectivity index (χ3n) is 2.31. The highest BCUT2D eigenvalue weighted by Crippen LogP contribution is 2.11. The van der Waals surface area contributed by atoms with Crippen molar-refractivity contribution in [2.45, 2.75) is 26.3 Å². The minimum absolute atomic E-state index is 0.367. The maximum atomic E-state index is 4.09. The Morgan fingerprint density at radius 2 is 2.19 bits per heavy atom. The van der Waals surface area contributed by atoms with Crippen molar-refractivity contribution in [1.82, 2.24) is 10.2 Å². The molecule has 84 valence electrons. The second kappa shape index (κ2) is 5.07. The first-order valence-electron chi connectivity index (χ1n) is 5.32. The normalized spacial score (nSPS) is 12.4. The Morgan fingerprint density at radius 3 is 2.81 bits per heavy atom. The molecule has 0 saturated carbocycles. The van der Waals surface area contributed by atoms with E-state index in [1.165, 1.54) is 5.56 Å². The van der Waals surface area contributed by atoms with E-state index >= 15 is 0 Å².